The summed E-state index contributed by atoms with van der Waals surface area (Å²) in [6.07, 6.45) is 1.46. The van der Waals surface area contributed by atoms with Crippen molar-refractivity contribution in [2.24, 2.45) is 14.1 Å². The number of benzene rings is 2. The lowest BCUT2D eigenvalue weighted by Gasteiger charge is -2.08. The van der Waals surface area contributed by atoms with Crippen LogP contribution in [0.25, 0.3) is 32.2 Å². The molecule has 1 N–H and O–H groups in total. The van der Waals surface area contributed by atoms with Gasteiger partial charge in [0.25, 0.3) is 5.56 Å². The molecule has 0 fully saturated rings. The van der Waals surface area contributed by atoms with Crippen molar-refractivity contribution in [3.63, 3.8) is 0 Å². The van der Waals surface area contributed by atoms with Crippen molar-refractivity contribution in [1.29, 1.82) is 0 Å². The first-order valence-electron chi connectivity index (χ1n) is 9.13. The summed E-state index contributed by atoms with van der Waals surface area (Å²) >= 11 is 1.34. The Bertz CT molecular complexity index is 1590. The molecule has 5 rings (SSSR count). The monoisotopic (exact) mass is 420 g/mol. The van der Waals surface area contributed by atoms with Crippen LogP contribution in [0.3, 0.4) is 0 Å². The molecule has 2 aromatic carbocycles. The molecule has 3 aromatic heterocycles. The summed E-state index contributed by atoms with van der Waals surface area (Å²) in [4.78, 5) is 46.6. The average molecular weight is 420 g/mol. The molecule has 3 heterocycles. The Kier molecular flexibility index (Phi) is 4.03. The fourth-order valence-electron chi connectivity index (χ4n) is 3.55. The predicted octanol–water partition coefficient (Wildman–Crippen LogP) is 1.84. The molecule has 0 unspecified atom stereocenters. The summed E-state index contributed by atoms with van der Waals surface area (Å²) in [6, 6.07) is 11.9. The van der Waals surface area contributed by atoms with Gasteiger partial charge in [-0.1, -0.05) is 41.7 Å². The number of carbonyl (C=O) groups excluding carboxylic acids is 1. The van der Waals surface area contributed by atoms with E-state index in [0.29, 0.717) is 5.13 Å². The molecule has 0 bridgehead atoms. The van der Waals surface area contributed by atoms with Crippen LogP contribution in [0.1, 0.15) is 0 Å². The zero-order chi connectivity index (χ0) is 21.0. The Labute approximate surface area is 172 Å². The summed E-state index contributed by atoms with van der Waals surface area (Å²) in [5.41, 5.74) is 0.187. The van der Waals surface area contributed by atoms with Crippen LogP contribution in [0, 0.1) is 0 Å². The number of aryl methyl sites for hydroxylation is 2. The van der Waals surface area contributed by atoms with E-state index in [1.807, 2.05) is 36.4 Å². The Hall–Kier alpha value is -3.79. The molecule has 0 radical (unpaired) electrons. The number of nitrogens with zero attached hydrogens (tertiary/aromatic N) is 5. The zero-order valence-corrected chi connectivity index (χ0v) is 16.9. The van der Waals surface area contributed by atoms with E-state index in [0.717, 1.165) is 25.6 Å². The van der Waals surface area contributed by atoms with E-state index in [2.05, 4.69) is 15.3 Å². The fourth-order valence-corrected chi connectivity index (χ4v) is 4.45. The van der Waals surface area contributed by atoms with Crippen LogP contribution in [0.5, 0.6) is 0 Å². The van der Waals surface area contributed by atoms with Crippen molar-refractivity contribution in [1.82, 2.24) is 23.7 Å². The van der Waals surface area contributed by atoms with Crippen molar-refractivity contribution in [2.75, 3.05) is 5.32 Å². The number of imidazole rings is 1. The number of nitrogens with one attached hydrogen (secondary N) is 1. The highest BCUT2D eigenvalue weighted by Gasteiger charge is 2.18. The third-order valence-electron chi connectivity index (χ3n) is 5.03. The number of hydrogen-bond acceptors (Lipinski definition) is 6. The van der Waals surface area contributed by atoms with Crippen LogP contribution in [-0.4, -0.2) is 29.6 Å². The Morgan fingerprint density at radius 1 is 1.13 bits per heavy atom. The molecule has 0 aliphatic rings. The minimum absolute atomic E-state index is 0.261. The minimum atomic E-state index is -0.600. The summed E-state index contributed by atoms with van der Waals surface area (Å²) < 4.78 is 4.63. The molecule has 1 amide bonds. The summed E-state index contributed by atoms with van der Waals surface area (Å²) in [5, 5.41) is 5.19. The number of anilines is 1. The fraction of sp³-hybridized carbons (Fsp3) is 0.150. The smallest absolute Gasteiger partial charge is 0.328 e. The SMILES string of the molecule is Cn1cnc2c1c(=O)n(CC(=O)Nc1nc3c(ccc4ccccc43)s1)c(=O)n2C. The molecule has 5 aromatic rings. The van der Waals surface area contributed by atoms with Crippen molar-refractivity contribution >= 4 is 54.5 Å². The van der Waals surface area contributed by atoms with E-state index in [1.54, 1.807) is 7.05 Å². The van der Waals surface area contributed by atoms with Crippen molar-refractivity contribution in [3.05, 3.63) is 63.6 Å². The van der Waals surface area contributed by atoms with Gasteiger partial charge in [-0.15, -0.1) is 0 Å². The van der Waals surface area contributed by atoms with Gasteiger partial charge in [-0.3, -0.25) is 14.2 Å². The van der Waals surface area contributed by atoms with Crippen LogP contribution in [0.15, 0.2) is 52.3 Å². The van der Waals surface area contributed by atoms with Crippen LogP contribution < -0.4 is 16.6 Å². The molecule has 0 saturated heterocycles. The lowest BCUT2D eigenvalue weighted by atomic mass is 10.1. The first-order valence-corrected chi connectivity index (χ1v) is 9.94. The summed E-state index contributed by atoms with van der Waals surface area (Å²) in [5.74, 6) is -0.501. The van der Waals surface area contributed by atoms with Crippen LogP contribution >= 0.6 is 11.3 Å². The van der Waals surface area contributed by atoms with Crippen molar-refractivity contribution in [3.8, 4) is 0 Å². The number of thiazole rings is 1. The second-order valence-electron chi connectivity index (χ2n) is 6.96. The van der Waals surface area contributed by atoms with Gasteiger partial charge in [-0.25, -0.2) is 19.3 Å². The number of fused-ring (bicyclic) bond motifs is 4. The van der Waals surface area contributed by atoms with Gasteiger partial charge >= 0.3 is 5.69 Å². The maximum atomic E-state index is 12.8. The van der Waals surface area contributed by atoms with Gasteiger partial charge in [-0.2, -0.15) is 0 Å². The van der Waals surface area contributed by atoms with Crippen LogP contribution in [-0.2, 0) is 25.4 Å². The Morgan fingerprint density at radius 2 is 1.93 bits per heavy atom. The maximum absolute atomic E-state index is 12.8. The third-order valence-corrected chi connectivity index (χ3v) is 5.97. The highest BCUT2D eigenvalue weighted by molar-refractivity contribution is 7.22. The lowest BCUT2D eigenvalue weighted by molar-refractivity contribution is -0.116. The molecule has 0 aliphatic heterocycles. The van der Waals surface area contributed by atoms with Gasteiger partial charge < -0.3 is 9.88 Å². The van der Waals surface area contributed by atoms with Crippen molar-refractivity contribution < 1.29 is 4.79 Å². The molecule has 10 heteroatoms. The van der Waals surface area contributed by atoms with Crippen molar-refractivity contribution in [2.45, 2.75) is 6.54 Å². The minimum Gasteiger partial charge on any atom is -0.328 e. The number of aromatic nitrogens is 5. The number of rotatable bonds is 3. The molecule has 30 heavy (non-hydrogen) atoms. The largest absolute Gasteiger partial charge is 0.332 e. The van der Waals surface area contributed by atoms with Gasteiger partial charge in [0.1, 0.15) is 6.54 Å². The maximum Gasteiger partial charge on any atom is 0.332 e. The predicted molar refractivity (Wildman–Crippen MR) is 116 cm³/mol. The quantitative estimate of drug-likeness (QED) is 0.480. The Balaban J connectivity index is 1.50. The molecule has 0 saturated carbocycles. The van der Waals surface area contributed by atoms with Crippen LogP contribution in [0.2, 0.25) is 0 Å². The highest BCUT2D eigenvalue weighted by Crippen LogP contribution is 2.31. The van der Waals surface area contributed by atoms with E-state index >= 15 is 0 Å². The van der Waals surface area contributed by atoms with Gasteiger partial charge in [0.2, 0.25) is 5.91 Å². The first-order chi connectivity index (χ1) is 14.4. The first kappa shape index (κ1) is 18.3. The van der Waals surface area contributed by atoms with E-state index in [4.69, 9.17) is 0 Å². The second-order valence-corrected chi connectivity index (χ2v) is 7.99. The van der Waals surface area contributed by atoms with E-state index in [9.17, 15) is 14.4 Å². The number of hydrogen-bond donors (Lipinski definition) is 1. The average Bonchev–Trinajstić information content (AvgIpc) is 3.33. The summed E-state index contributed by atoms with van der Waals surface area (Å²) in [6.45, 7) is -0.413. The molecule has 0 atom stereocenters. The highest BCUT2D eigenvalue weighted by atomic mass is 32.1. The Morgan fingerprint density at radius 3 is 2.77 bits per heavy atom. The zero-order valence-electron chi connectivity index (χ0n) is 16.1. The van der Waals surface area contributed by atoms with E-state index in [-0.39, 0.29) is 11.2 Å². The lowest BCUT2D eigenvalue weighted by Crippen LogP contribution is -2.42. The molecule has 0 spiro atoms. The van der Waals surface area contributed by atoms with Crippen LogP contribution in [0.4, 0.5) is 5.13 Å². The second kappa shape index (κ2) is 6.63. The number of carbonyl (C=O) groups is 1. The normalized spacial score (nSPS) is 11.5. The van der Waals surface area contributed by atoms with E-state index in [1.165, 1.54) is 33.8 Å². The summed E-state index contributed by atoms with van der Waals surface area (Å²) in [7, 11) is 3.18. The standard InChI is InChI=1S/C20H16N6O3S/c1-24-10-21-17-16(24)18(28)26(20(29)25(17)2)9-14(27)22-19-23-15-12-6-4-3-5-11(12)7-8-13(15)30-19/h3-8,10H,9H2,1-2H3,(H,22,23,27). The molecular weight excluding hydrogens is 404 g/mol. The van der Waals surface area contributed by atoms with Gasteiger partial charge in [0, 0.05) is 19.5 Å². The molecule has 0 aliphatic carbocycles. The molecular formula is C20H16N6O3S. The van der Waals surface area contributed by atoms with Gasteiger partial charge in [-0.05, 0) is 11.5 Å². The van der Waals surface area contributed by atoms with Gasteiger partial charge in [0.15, 0.2) is 16.3 Å². The van der Waals surface area contributed by atoms with E-state index < -0.39 is 23.7 Å². The molecule has 150 valence electrons. The topological polar surface area (TPSA) is 104 Å². The van der Waals surface area contributed by atoms with Gasteiger partial charge in [0.05, 0.1) is 16.5 Å². The third kappa shape index (κ3) is 2.72. The molecule has 9 nitrogen and oxygen atoms in total. The number of amides is 1.